The maximum atomic E-state index is 12.4. The number of benzene rings is 2. The molecular formula is C16H16BrNO2S. The van der Waals surface area contributed by atoms with Crippen LogP contribution in [0.3, 0.4) is 0 Å². The topological polar surface area (TPSA) is 52.3 Å². The number of nitrogen functional groups attached to an aromatic ring is 1. The Morgan fingerprint density at radius 1 is 1.24 bits per heavy atom. The van der Waals surface area contributed by atoms with E-state index < -0.39 is 10.8 Å². The van der Waals surface area contributed by atoms with E-state index in [0.29, 0.717) is 16.3 Å². The van der Waals surface area contributed by atoms with Gasteiger partial charge >= 0.3 is 0 Å². The number of fused-ring (bicyclic) bond motifs is 1. The largest absolute Gasteiger partial charge is 0.493 e. The van der Waals surface area contributed by atoms with Crippen molar-refractivity contribution in [2.24, 2.45) is 0 Å². The molecule has 2 N–H and O–H groups in total. The van der Waals surface area contributed by atoms with Crippen LogP contribution in [0.2, 0.25) is 0 Å². The molecule has 0 aliphatic carbocycles. The smallest absolute Gasteiger partial charge is 0.122 e. The van der Waals surface area contributed by atoms with Gasteiger partial charge in [-0.15, -0.1) is 0 Å². The first-order valence-corrected chi connectivity index (χ1v) is 8.93. The third kappa shape index (κ3) is 3.30. The molecule has 0 bridgehead atoms. The SMILES string of the molecule is Nc1cc(Br)ccc1S(=O)CCc1ccc2c(c1)CCO2. The molecular weight excluding hydrogens is 350 g/mol. The van der Waals surface area contributed by atoms with Crippen LogP contribution >= 0.6 is 15.9 Å². The van der Waals surface area contributed by atoms with Gasteiger partial charge in [-0.25, -0.2) is 0 Å². The summed E-state index contributed by atoms with van der Waals surface area (Å²) >= 11 is 3.36. The Hall–Kier alpha value is -1.33. The van der Waals surface area contributed by atoms with Gasteiger partial charge in [0.2, 0.25) is 0 Å². The zero-order chi connectivity index (χ0) is 14.8. The van der Waals surface area contributed by atoms with Crippen molar-refractivity contribution in [3.05, 3.63) is 52.0 Å². The van der Waals surface area contributed by atoms with Gasteiger partial charge in [0.1, 0.15) is 5.75 Å². The summed E-state index contributed by atoms with van der Waals surface area (Å²) < 4.78 is 18.8. The number of hydrogen-bond acceptors (Lipinski definition) is 3. The second-order valence-electron chi connectivity index (χ2n) is 5.02. The zero-order valence-corrected chi connectivity index (χ0v) is 13.9. The Kier molecular flexibility index (Phi) is 4.31. The van der Waals surface area contributed by atoms with Crippen molar-refractivity contribution in [1.29, 1.82) is 0 Å². The summed E-state index contributed by atoms with van der Waals surface area (Å²) in [4.78, 5) is 0.711. The van der Waals surface area contributed by atoms with Crippen molar-refractivity contribution in [2.45, 2.75) is 17.7 Å². The minimum Gasteiger partial charge on any atom is -0.493 e. The van der Waals surface area contributed by atoms with Crippen LogP contribution in [0.15, 0.2) is 45.8 Å². The molecule has 5 heteroatoms. The van der Waals surface area contributed by atoms with E-state index in [-0.39, 0.29) is 0 Å². The van der Waals surface area contributed by atoms with Gasteiger partial charge in [-0.1, -0.05) is 28.1 Å². The first-order valence-electron chi connectivity index (χ1n) is 6.81. The number of aryl methyl sites for hydroxylation is 1. The van der Waals surface area contributed by atoms with E-state index in [0.717, 1.165) is 29.7 Å². The van der Waals surface area contributed by atoms with Crippen molar-refractivity contribution in [2.75, 3.05) is 18.1 Å². The highest BCUT2D eigenvalue weighted by Gasteiger charge is 2.13. The lowest BCUT2D eigenvalue weighted by Gasteiger charge is -2.07. The summed E-state index contributed by atoms with van der Waals surface area (Å²) in [5.74, 6) is 1.56. The molecule has 1 atom stereocenters. The number of hydrogen-bond donors (Lipinski definition) is 1. The van der Waals surface area contributed by atoms with Crippen LogP contribution in [-0.2, 0) is 23.6 Å². The highest BCUT2D eigenvalue weighted by atomic mass is 79.9. The van der Waals surface area contributed by atoms with Crippen LogP contribution in [-0.4, -0.2) is 16.6 Å². The fraction of sp³-hybridized carbons (Fsp3) is 0.250. The predicted molar refractivity (Wildman–Crippen MR) is 89.2 cm³/mol. The van der Waals surface area contributed by atoms with Crippen LogP contribution in [0.1, 0.15) is 11.1 Å². The second-order valence-corrected chi connectivity index (χ2v) is 7.48. The van der Waals surface area contributed by atoms with E-state index in [1.165, 1.54) is 11.1 Å². The van der Waals surface area contributed by atoms with Gasteiger partial charge in [0, 0.05) is 22.3 Å². The third-order valence-electron chi connectivity index (χ3n) is 3.55. The molecule has 0 fully saturated rings. The Morgan fingerprint density at radius 3 is 2.90 bits per heavy atom. The van der Waals surface area contributed by atoms with Gasteiger partial charge in [0.05, 0.1) is 22.3 Å². The summed E-state index contributed by atoms with van der Waals surface area (Å²) in [5, 5.41) is 0. The first kappa shape index (κ1) is 14.6. The minimum absolute atomic E-state index is 0.574. The highest BCUT2D eigenvalue weighted by molar-refractivity contribution is 9.10. The maximum Gasteiger partial charge on any atom is 0.122 e. The minimum atomic E-state index is -1.08. The van der Waals surface area contributed by atoms with Crippen molar-refractivity contribution < 1.29 is 8.95 Å². The molecule has 3 rings (SSSR count). The van der Waals surface area contributed by atoms with Crippen LogP contribution in [0.4, 0.5) is 5.69 Å². The monoisotopic (exact) mass is 365 g/mol. The maximum absolute atomic E-state index is 12.4. The summed E-state index contributed by atoms with van der Waals surface area (Å²) in [7, 11) is -1.08. The fourth-order valence-electron chi connectivity index (χ4n) is 2.44. The summed E-state index contributed by atoms with van der Waals surface area (Å²) in [6, 6.07) is 11.7. The zero-order valence-electron chi connectivity index (χ0n) is 11.5. The van der Waals surface area contributed by atoms with E-state index in [2.05, 4.69) is 22.0 Å². The molecule has 0 aromatic heterocycles. The van der Waals surface area contributed by atoms with Gasteiger partial charge < -0.3 is 10.5 Å². The van der Waals surface area contributed by atoms with Crippen LogP contribution < -0.4 is 10.5 Å². The van der Waals surface area contributed by atoms with E-state index in [1.54, 1.807) is 6.07 Å². The quantitative estimate of drug-likeness (QED) is 0.845. The molecule has 0 saturated carbocycles. The Labute approximate surface area is 135 Å². The lowest BCUT2D eigenvalue weighted by atomic mass is 10.1. The molecule has 2 aromatic rings. The lowest BCUT2D eigenvalue weighted by molar-refractivity contribution is 0.357. The lowest BCUT2D eigenvalue weighted by Crippen LogP contribution is -2.04. The molecule has 1 unspecified atom stereocenters. The molecule has 1 aliphatic heterocycles. The summed E-state index contributed by atoms with van der Waals surface area (Å²) in [6.45, 7) is 0.764. The van der Waals surface area contributed by atoms with Gasteiger partial charge in [-0.2, -0.15) is 0 Å². The normalized spacial score (nSPS) is 14.5. The van der Waals surface area contributed by atoms with E-state index in [4.69, 9.17) is 10.5 Å². The molecule has 21 heavy (non-hydrogen) atoms. The highest BCUT2D eigenvalue weighted by Crippen LogP contribution is 2.26. The molecule has 0 radical (unpaired) electrons. The second kappa shape index (κ2) is 6.20. The Morgan fingerprint density at radius 2 is 2.10 bits per heavy atom. The third-order valence-corrected chi connectivity index (χ3v) is 5.48. The average molecular weight is 366 g/mol. The van der Waals surface area contributed by atoms with Crippen LogP contribution in [0.25, 0.3) is 0 Å². The molecule has 0 saturated heterocycles. The Balaban J connectivity index is 1.68. The molecule has 1 heterocycles. The number of ether oxygens (including phenoxy) is 1. The molecule has 3 nitrogen and oxygen atoms in total. The summed E-state index contributed by atoms with van der Waals surface area (Å²) in [5.41, 5.74) is 8.95. The Bertz CT molecular complexity index is 703. The molecule has 2 aromatic carbocycles. The fourth-order valence-corrected chi connectivity index (χ4v) is 4.00. The predicted octanol–water partition coefficient (Wildman–Crippen LogP) is 3.32. The van der Waals surface area contributed by atoms with Crippen molar-refractivity contribution in [3.8, 4) is 5.75 Å². The molecule has 110 valence electrons. The van der Waals surface area contributed by atoms with Crippen LogP contribution in [0.5, 0.6) is 5.75 Å². The van der Waals surface area contributed by atoms with E-state index in [1.807, 2.05) is 24.3 Å². The van der Waals surface area contributed by atoms with E-state index in [9.17, 15) is 4.21 Å². The average Bonchev–Trinajstić information content (AvgIpc) is 2.92. The van der Waals surface area contributed by atoms with Gasteiger partial charge in [-0.3, -0.25) is 4.21 Å². The summed E-state index contributed by atoms with van der Waals surface area (Å²) in [6.07, 6.45) is 1.74. The standard InChI is InChI=1S/C16H16BrNO2S/c17-13-2-4-16(14(18)10-13)21(19)8-6-11-1-3-15-12(9-11)5-7-20-15/h1-4,9-10H,5-8,18H2. The number of nitrogens with two attached hydrogens (primary N) is 1. The first-order chi connectivity index (χ1) is 10.1. The van der Waals surface area contributed by atoms with Crippen molar-refractivity contribution >= 4 is 32.4 Å². The van der Waals surface area contributed by atoms with Gasteiger partial charge in [0.15, 0.2) is 0 Å². The van der Waals surface area contributed by atoms with Crippen molar-refractivity contribution in [3.63, 3.8) is 0 Å². The number of anilines is 1. The van der Waals surface area contributed by atoms with Gasteiger partial charge in [-0.05, 0) is 41.8 Å². The molecule has 1 aliphatic rings. The number of rotatable bonds is 4. The molecule has 0 amide bonds. The number of halogens is 1. The van der Waals surface area contributed by atoms with Crippen molar-refractivity contribution in [1.82, 2.24) is 0 Å². The van der Waals surface area contributed by atoms with Crippen LogP contribution in [0, 0.1) is 0 Å². The molecule has 0 spiro atoms. The van der Waals surface area contributed by atoms with Gasteiger partial charge in [0.25, 0.3) is 0 Å². The van der Waals surface area contributed by atoms with E-state index >= 15 is 0 Å².